The van der Waals surface area contributed by atoms with Gasteiger partial charge in [0, 0.05) is 6.20 Å². The fraction of sp³-hybridized carbons (Fsp3) is 0.636. The lowest BCUT2D eigenvalue weighted by Gasteiger charge is -2.37. The second kappa shape index (κ2) is 10.9. The zero-order valence-electron chi connectivity index (χ0n) is 16.1. The molecule has 17 nitrogen and oxygen atoms in total. The molecule has 21 heteroatoms. The van der Waals surface area contributed by atoms with E-state index in [1.165, 1.54) is 0 Å². The average Bonchev–Trinajstić information content (AvgIpc) is 2.59. The van der Waals surface area contributed by atoms with Crippen molar-refractivity contribution in [3.8, 4) is 0 Å². The number of anilines is 1. The summed E-state index contributed by atoms with van der Waals surface area (Å²) in [4.78, 5) is 50.9. The predicted octanol–water partition coefficient (Wildman–Crippen LogP) is -1.23. The largest absolute Gasteiger partial charge is 0.490 e. The minimum Gasteiger partial charge on any atom is -0.392 e. The minimum atomic E-state index is -5.85. The number of nitrogens with zero attached hydrogens (tertiary/aromatic N) is 2. The van der Waals surface area contributed by atoms with Gasteiger partial charge in [0.2, 0.25) is 0 Å². The molecule has 0 saturated carbocycles. The quantitative estimate of drug-likeness (QED) is 0.147. The highest BCUT2D eigenvalue weighted by Gasteiger charge is 2.46. The van der Waals surface area contributed by atoms with E-state index in [9.17, 15) is 38.0 Å². The third-order valence-electron chi connectivity index (χ3n) is 3.56. The van der Waals surface area contributed by atoms with Gasteiger partial charge in [-0.1, -0.05) is 0 Å². The molecule has 1 aromatic heterocycles. The normalized spacial score (nSPS) is 20.0. The number of ether oxygens (including phenoxy) is 1. The molecule has 1 aromatic rings. The van der Waals surface area contributed by atoms with Crippen molar-refractivity contribution in [2.75, 3.05) is 25.6 Å². The van der Waals surface area contributed by atoms with Gasteiger partial charge in [-0.25, -0.2) is 22.9 Å². The number of aliphatic hydroxyl groups excluding tert-OH is 2. The van der Waals surface area contributed by atoms with E-state index in [0.717, 1.165) is 19.2 Å². The lowest BCUT2D eigenvalue weighted by molar-refractivity contribution is -0.206. The van der Waals surface area contributed by atoms with Gasteiger partial charge in [0.25, 0.3) is 0 Å². The number of rotatable bonds is 13. The smallest absolute Gasteiger partial charge is 0.392 e. The number of halogens is 1. The van der Waals surface area contributed by atoms with Crippen molar-refractivity contribution in [1.82, 2.24) is 9.55 Å². The Morgan fingerprint density at radius 1 is 1.22 bits per heavy atom. The highest BCUT2D eigenvalue weighted by molar-refractivity contribution is 7.66. The van der Waals surface area contributed by atoms with Crippen LogP contribution in [0.25, 0.3) is 0 Å². The third-order valence-corrected chi connectivity index (χ3v) is 7.35. The molecule has 186 valence electrons. The van der Waals surface area contributed by atoms with Crippen molar-refractivity contribution in [2.24, 2.45) is 0 Å². The van der Waals surface area contributed by atoms with E-state index in [1.807, 2.05) is 0 Å². The highest BCUT2D eigenvalue weighted by atomic mass is 31.3. The maximum absolute atomic E-state index is 13.9. The molecular weight excluding hydrogens is 510 g/mol. The molecule has 0 spiro atoms. The van der Waals surface area contributed by atoms with Gasteiger partial charge in [-0.2, -0.15) is 13.6 Å². The highest BCUT2D eigenvalue weighted by Crippen LogP contribution is 2.66. The van der Waals surface area contributed by atoms with Crippen LogP contribution in [0.3, 0.4) is 0 Å². The van der Waals surface area contributed by atoms with E-state index in [2.05, 4.69) is 18.1 Å². The monoisotopic (exact) mass is 531 g/mol. The molecule has 0 aliphatic heterocycles. The Hall–Kier alpha value is -1.10. The van der Waals surface area contributed by atoms with Gasteiger partial charge >= 0.3 is 29.2 Å². The molecule has 0 radical (unpaired) electrons. The summed E-state index contributed by atoms with van der Waals surface area (Å²) in [6.45, 7) is -3.10. The minimum absolute atomic E-state index is 0.192. The van der Waals surface area contributed by atoms with E-state index in [4.69, 9.17) is 25.2 Å². The maximum Gasteiger partial charge on any atom is 0.490 e. The first-order valence-electron chi connectivity index (χ1n) is 8.11. The van der Waals surface area contributed by atoms with Gasteiger partial charge in [-0.05, 0) is 13.0 Å². The molecule has 0 aliphatic rings. The van der Waals surface area contributed by atoms with Crippen LogP contribution in [0, 0.1) is 0 Å². The number of alkyl halides is 1. The van der Waals surface area contributed by atoms with E-state index in [-0.39, 0.29) is 5.82 Å². The summed E-state index contributed by atoms with van der Waals surface area (Å²) in [7, 11) is -17.2. The summed E-state index contributed by atoms with van der Waals surface area (Å²) in [6.07, 6.45) is -2.56. The molecule has 0 aromatic carbocycles. The second-order valence-corrected chi connectivity index (χ2v) is 10.5. The number of nitrogens with two attached hydrogens (primary N) is 1. The molecule has 32 heavy (non-hydrogen) atoms. The Morgan fingerprint density at radius 2 is 1.81 bits per heavy atom. The molecular formula is C11H21FN3O14P3. The van der Waals surface area contributed by atoms with Gasteiger partial charge in [-0.3, -0.25) is 9.09 Å². The molecule has 0 fully saturated rings. The molecule has 0 bridgehead atoms. The molecule has 1 rings (SSSR count). The van der Waals surface area contributed by atoms with Gasteiger partial charge in [-0.15, -0.1) is 0 Å². The van der Waals surface area contributed by atoms with Crippen LogP contribution in [-0.2, 0) is 31.6 Å². The number of aromatic nitrogens is 2. The average molecular weight is 531 g/mol. The molecule has 0 amide bonds. The number of phosphoric ester groups is 1. The first-order chi connectivity index (χ1) is 14.5. The van der Waals surface area contributed by atoms with Crippen LogP contribution in [0.4, 0.5) is 10.2 Å². The first kappa shape index (κ1) is 28.9. The van der Waals surface area contributed by atoms with Crippen molar-refractivity contribution < 1.29 is 65.8 Å². The number of hydrogen-bond donors (Lipinski definition) is 7. The number of nitrogen functional groups attached to an aromatic ring is 1. The predicted molar refractivity (Wildman–Crippen MR) is 100 cm³/mol. The Balaban J connectivity index is 3.11. The van der Waals surface area contributed by atoms with Crippen LogP contribution in [-0.4, -0.2) is 70.9 Å². The molecule has 5 atom stereocenters. The van der Waals surface area contributed by atoms with Gasteiger partial charge in [0.05, 0.1) is 19.3 Å². The standard InChI is InChI=1S/C11H21FN3O14P3/c1-7(17)11(5-12,27-9(4-16)15-3-2-8(13)14-10(15)18)6-26-31(22,23)29-32(24,25)28-30(19,20)21/h2-3,7,9,16-17H,4-6H2,1H3,(H,22,23)(H,24,25)(H2,13,14,18)(H2,19,20,21)/t7-,9+,11+/m0/s1. The van der Waals surface area contributed by atoms with E-state index in [0.29, 0.717) is 4.57 Å². The summed E-state index contributed by atoms with van der Waals surface area (Å²) >= 11 is 0. The maximum atomic E-state index is 13.9. The summed E-state index contributed by atoms with van der Waals surface area (Å²) < 4.78 is 64.9. The van der Waals surface area contributed by atoms with Crippen LogP contribution in [0.5, 0.6) is 0 Å². The van der Waals surface area contributed by atoms with Crippen LogP contribution >= 0.6 is 23.5 Å². The van der Waals surface area contributed by atoms with Gasteiger partial charge in [0.15, 0.2) is 6.23 Å². The Kier molecular flexibility index (Phi) is 9.84. The lowest BCUT2D eigenvalue weighted by atomic mass is 10.0. The summed E-state index contributed by atoms with van der Waals surface area (Å²) in [6, 6.07) is 1.12. The Morgan fingerprint density at radius 3 is 2.25 bits per heavy atom. The number of phosphoric acid groups is 3. The summed E-state index contributed by atoms with van der Waals surface area (Å²) in [5.74, 6) is -0.192. The van der Waals surface area contributed by atoms with Crippen LogP contribution in [0.1, 0.15) is 13.2 Å². The number of hydrogen-bond acceptors (Lipinski definition) is 12. The van der Waals surface area contributed by atoms with Crippen molar-refractivity contribution in [3.05, 3.63) is 22.7 Å². The zero-order chi connectivity index (χ0) is 25.0. The lowest BCUT2D eigenvalue weighted by Crippen LogP contribution is -2.52. The van der Waals surface area contributed by atoms with E-state index in [1.54, 1.807) is 0 Å². The van der Waals surface area contributed by atoms with Crippen molar-refractivity contribution in [2.45, 2.75) is 24.9 Å². The molecule has 0 aliphatic carbocycles. The molecule has 8 N–H and O–H groups in total. The van der Waals surface area contributed by atoms with E-state index < -0.39 is 67.0 Å². The summed E-state index contributed by atoms with van der Waals surface area (Å²) in [5.41, 5.74) is 1.72. The van der Waals surface area contributed by atoms with Crippen molar-refractivity contribution in [1.29, 1.82) is 0 Å². The molecule has 0 saturated heterocycles. The van der Waals surface area contributed by atoms with Gasteiger partial charge in [0.1, 0.15) is 18.1 Å². The SMILES string of the molecule is C[C@H](O)[C@@](CF)(COP(=O)(O)OP(=O)(O)OP(=O)(O)O)O[C@H](CO)n1ccc(N)nc1=O. The van der Waals surface area contributed by atoms with Crippen molar-refractivity contribution >= 4 is 29.3 Å². The third kappa shape index (κ3) is 8.68. The fourth-order valence-electron chi connectivity index (χ4n) is 2.03. The fourth-order valence-corrected chi connectivity index (χ4v) is 5.10. The molecule has 1 heterocycles. The molecule has 2 unspecified atom stereocenters. The second-order valence-electron chi connectivity index (χ2n) is 6.04. The van der Waals surface area contributed by atoms with E-state index >= 15 is 0 Å². The zero-order valence-corrected chi connectivity index (χ0v) is 18.8. The van der Waals surface area contributed by atoms with Gasteiger partial charge < -0.3 is 40.3 Å². The van der Waals surface area contributed by atoms with Crippen LogP contribution < -0.4 is 11.4 Å². The number of aliphatic hydroxyl groups is 2. The topological polar surface area (TPSA) is 270 Å². The first-order valence-corrected chi connectivity index (χ1v) is 12.6. The van der Waals surface area contributed by atoms with Crippen LogP contribution in [0.15, 0.2) is 17.1 Å². The van der Waals surface area contributed by atoms with Crippen LogP contribution in [0.2, 0.25) is 0 Å². The summed E-state index contributed by atoms with van der Waals surface area (Å²) in [5, 5.41) is 19.5. The van der Waals surface area contributed by atoms with Crippen molar-refractivity contribution in [3.63, 3.8) is 0 Å². The Bertz CT molecular complexity index is 984. The Labute approximate surface area is 178 Å².